The van der Waals surface area contributed by atoms with Crippen molar-refractivity contribution < 1.29 is 13.6 Å². The summed E-state index contributed by atoms with van der Waals surface area (Å²) in [7, 11) is 0. The number of alkyl halides is 1. The molecule has 1 saturated heterocycles. The van der Waals surface area contributed by atoms with Crippen molar-refractivity contribution in [3.8, 4) is 0 Å². The van der Waals surface area contributed by atoms with Gasteiger partial charge in [-0.15, -0.1) is 0 Å². The molecule has 0 saturated carbocycles. The molecule has 0 radical (unpaired) electrons. The molecule has 3 rings (SSSR count). The Balaban J connectivity index is 1.71. The number of rotatable bonds is 4. The average Bonchev–Trinajstić information content (AvgIpc) is 2.62. The van der Waals surface area contributed by atoms with E-state index in [0.29, 0.717) is 36.1 Å². The highest BCUT2D eigenvalue weighted by molar-refractivity contribution is 6.24. The zero-order chi connectivity index (χ0) is 17.9. The van der Waals surface area contributed by atoms with Crippen LogP contribution in [0.1, 0.15) is 18.4 Å². The summed E-state index contributed by atoms with van der Waals surface area (Å²) in [5.74, 6) is -0.712. The first-order valence-corrected chi connectivity index (χ1v) is 8.13. The zero-order valence-corrected chi connectivity index (χ0v) is 13.6. The highest BCUT2D eigenvalue weighted by Crippen LogP contribution is 2.33. The molecule has 1 aliphatic heterocycles. The molecule has 0 amide bonds. The summed E-state index contributed by atoms with van der Waals surface area (Å²) in [5, 5.41) is 13.9. The number of benzene rings is 1. The maximum Gasteiger partial charge on any atom is 0.155 e. The molecule has 3 N–H and O–H groups in total. The van der Waals surface area contributed by atoms with Crippen LogP contribution in [-0.4, -0.2) is 25.1 Å². The standard InChI is InChI=1S/C19H19F2N3O/c20-17-7-2-13(18(22)16(17)11-25)10-24-15-5-3-14(4-6-15)19(21)8-1-9-23-12-19/h2-7,10-11,22-24H,1,8-9,12H2/b13-10-,22-18?. The topological polar surface area (TPSA) is 65.0 Å². The smallest absolute Gasteiger partial charge is 0.155 e. The first-order valence-electron chi connectivity index (χ1n) is 8.13. The summed E-state index contributed by atoms with van der Waals surface area (Å²) >= 11 is 0. The van der Waals surface area contributed by atoms with Crippen LogP contribution < -0.4 is 10.6 Å². The summed E-state index contributed by atoms with van der Waals surface area (Å²) in [4.78, 5) is 10.9. The van der Waals surface area contributed by atoms with E-state index in [1.165, 1.54) is 12.3 Å². The lowest BCUT2D eigenvalue weighted by Gasteiger charge is -2.30. The van der Waals surface area contributed by atoms with Crippen molar-refractivity contribution in [2.45, 2.75) is 18.5 Å². The van der Waals surface area contributed by atoms with E-state index in [1.54, 1.807) is 24.3 Å². The molecule has 0 bridgehead atoms. The van der Waals surface area contributed by atoms with E-state index in [4.69, 9.17) is 5.41 Å². The van der Waals surface area contributed by atoms with Crippen molar-refractivity contribution in [3.05, 3.63) is 65.2 Å². The van der Waals surface area contributed by atoms with Gasteiger partial charge in [-0.1, -0.05) is 12.1 Å². The van der Waals surface area contributed by atoms with Crippen molar-refractivity contribution >= 4 is 17.7 Å². The largest absolute Gasteiger partial charge is 0.361 e. The SMILES string of the molecule is N=C1C(C=O)=C(F)C=C/C1=C/Nc1ccc(C2(F)CCCNC2)cc1. The van der Waals surface area contributed by atoms with Crippen LogP contribution in [0.25, 0.3) is 0 Å². The minimum atomic E-state index is -1.34. The van der Waals surface area contributed by atoms with Gasteiger partial charge < -0.3 is 10.6 Å². The van der Waals surface area contributed by atoms with Crippen LogP contribution in [0.3, 0.4) is 0 Å². The van der Waals surface area contributed by atoms with Gasteiger partial charge in [-0.3, -0.25) is 10.2 Å². The molecule has 1 fully saturated rings. The number of carbonyl (C=O) groups excluding carboxylic acids is 1. The Morgan fingerprint density at radius 2 is 2.00 bits per heavy atom. The number of allylic oxidation sites excluding steroid dienone is 5. The fraction of sp³-hybridized carbons (Fsp3) is 0.263. The molecule has 1 atom stereocenters. The van der Waals surface area contributed by atoms with Crippen molar-refractivity contribution in [1.82, 2.24) is 5.32 Å². The lowest BCUT2D eigenvalue weighted by Crippen LogP contribution is -2.40. The highest BCUT2D eigenvalue weighted by atomic mass is 19.1. The maximum atomic E-state index is 14.9. The molecule has 25 heavy (non-hydrogen) atoms. The number of hydrogen-bond acceptors (Lipinski definition) is 4. The first-order chi connectivity index (χ1) is 12.0. The van der Waals surface area contributed by atoms with Gasteiger partial charge in [0, 0.05) is 24.0 Å². The van der Waals surface area contributed by atoms with Gasteiger partial charge in [0.15, 0.2) is 6.29 Å². The first kappa shape index (κ1) is 17.2. The van der Waals surface area contributed by atoms with Crippen LogP contribution >= 0.6 is 0 Å². The molecular weight excluding hydrogens is 324 g/mol. The summed E-state index contributed by atoms with van der Waals surface area (Å²) in [6.07, 6.45) is 5.75. The van der Waals surface area contributed by atoms with Gasteiger partial charge in [-0.05, 0) is 49.2 Å². The number of hydrogen-bond donors (Lipinski definition) is 3. The van der Waals surface area contributed by atoms with Crippen molar-refractivity contribution in [1.29, 1.82) is 5.41 Å². The Kier molecular flexibility index (Phi) is 4.90. The van der Waals surface area contributed by atoms with Crippen LogP contribution in [0.15, 0.2) is 59.6 Å². The van der Waals surface area contributed by atoms with Gasteiger partial charge in [-0.2, -0.15) is 0 Å². The summed E-state index contributed by atoms with van der Waals surface area (Å²) in [5.41, 5.74) is -0.0369. The number of anilines is 1. The molecule has 130 valence electrons. The van der Waals surface area contributed by atoms with E-state index in [2.05, 4.69) is 10.6 Å². The Morgan fingerprint density at radius 3 is 2.64 bits per heavy atom. The van der Waals surface area contributed by atoms with E-state index in [-0.39, 0.29) is 11.3 Å². The highest BCUT2D eigenvalue weighted by Gasteiger charge is 2.33. The van der Waals surface area contributed by atoms with Crippen molar-refractivity contribution in [2.75, 3.05) is 18.4 Å². The quantitative estimate of drug-likeness (QED) is 0.733. The van der Waals surface area contributed by atoms with Gasteiger partial charge in [0.1, 0.15) is 11.5 Å². The molecule has 1 aromatic carbocycles. The minimum Gasteiger partial charge on any atom is -0.361 e. The van der Waals surface area contributed by atoms with Gasteiger partial charge in [0.2, 0.25) is 0 Å². The van der Waals surface area contributed by atoms with Crippen LogP contribution in [0.5, 0.6) is 0 Å². The van der Waals surface area contributed by atoms with Crippen molar-refractivity contribution in [2.24, 2.45) is 0 Å². The monoisotopic (exact) mass is 343 g/mol. The van der Waals surface area contributed by atoms with Gasteiger partial charge in [0.25, 0.3) is 0 Å². The Bertz CT molecular complexity index is 772. The molecule has 2 aliphatic rings. The van der Waals surface area contributed by atoms with E-state index >= 15 is 0 Å². The Morgan fingerprint density at radius 1 is 1.24 bits per heavy atom. The predicted octanol–water partition coefficient (Wildman–Crippen LogP) is 3.54. The molecule has 1 aromatic rings. The molecule has 6 heteroatoms. The van der Waals surface area contributed by atoms with Gasteiger partial charge in [-0.25, -0.2) is 8.78 Å². The van der Waals surface area contributed by atoms with Crippen LogP contribution in [-0.2, 0) is 10.5 Å². The number of aldehydes is 1. The second-order valence-corrected chi connectivity index (χ2v) is 6.15. The second-order valence-electron chi connectivity index (χ2n) is 6.15. The third-order valence-corrected chi connectivity index (χ3v) is 4.47. The molecule has 0 aromatic heterocycles. The van der Waals surface area contributed by atoms with Gasteiger partial charge >= 0.3 is 0 Å². The van der Waals surface area contributed by atoms with Gasteiger partial charge in [0.05, 0.1) is 11.3 Å². The van der Waals surface area contributed by atoms with E-state index < -0.39 is 11.5 Å². The van der Waals surface area contributed by atoms with E-state index in [9.17, 15) is 13.6 Å². The number of halogens is 2. The Hall–Kier alpha value is -2.60. The molecular formula is C19H19F2N3O. The van der Waals surface area contributed by atoms with Crippen LogP contribution in [0, 0.1) is 5.41 Å². The second kappa shape index (κ2) is 7.11. The molecule has 0 spiro atoms. The number of carbonyl (C=O) groups is 1. The lowest BCUT2D eigenvalue weighted by atomic mass is 9.88. The Labute approximate surface area is 144 Å². The number of piperidine rings is 1. The van der Waals surface area contributed by atoms with E-state index in [1.807, 2.05) is 0 Å². The number of nitrogens with one attached hydrogen (secondary N) is 3. The predicted molar refractivity (Wildman–Crippen MR) is 94.1 cm³/mol. The van der Waals surface area contributed by atoms with Crippen LogP contribution in [0.4, 0.5) is 14.5 Å². The minimum absolute atomic E-state index is 0.171. The van der Waals surface area contributed by atoms with Crippen molar-refractivity contribution in [3.63, 3.8) is 0 Å². The normalized spacial score (nSPS) is 25.4. The average molecular weight is 343 g/mol. The molecule has 1 aliphatic carbocycles. The fourth-order valence-corrected chi connectivity index (χ4v) is 2.99. The molecule has 4 nitrogen and oxygen atoms in total. The fourth-order valence-electron chi connectivity index (χ4n) is 2.99. The lowest BCUT2D eigenvalue weighted by molar-refractivity contribution is -0.104. The summed E-state index contributed by atoms with van der Waals surface area (Å²) < 4.78 is 28.3. The molecule has 1 unspecified atom stereocenters. The maximum absolute atomic E-state index is 14.9. The summed E-state index contributed by atoms with van der Waals surface area (Å²) in [6.45, 7) is 1.16. The third-order valence-electron chi connectivity index (χ3n) is 4.47. The zero-order valence-electron chi connectivity index (χ0n) is 13.6. The van der Waals surface area contributed by atoms with E-state index in [0.717, 1.165) is 19.0 Å². The summed E-state index contributed by atoms with van der Waals surface area (Å²) in [6, 6.07) is 7.00. The third kappa shape index (κ3) is 3.58. The van der Waals surface area contributed by atoms with Crippen LogP contribution in [0.2, 0.25) is 0 Å². The molecule has 1 heterocycles.